The van der Waals surface area contributed by atoms with Gasteiger partial charge in [0.1, 0.15) is 5.75 Å². The van der Waals surface area contributed by atoms with Gasteiger partial charge in [0.2, 0.25) is 0 Å². The van der Waals surface area contributed by atoms with Crippen LogP contribution in [0.2, 0.25) is 10.0 Å². The zero-order chi connectivity index (χ0) is 17.0. The number of rotatable bonds is 5. The van der Waals surface area contributed by atoms with Crippen LogP contribution >= 0.6 is 23.2 Å². The Morgan fingerprint density at radius 3 is 2.43 bits per heavy atom. The summed E-state index contributed by atoms with van der Waals surface area (Å²) in [6.07, 6.45) is -0.662. The van der Waals surface area contributed by atoms with Crippen LogP contribution in [0.25, 0.3) is 0 Å². The second kappa shape index (κ2) is 7.71. The third-order valence-electron chi connectivity index (χ3n) is 3.42. The third kappa shape index (κ3) is 4.40. The summed E-state index contributed by atoms with van der Waals surface area (Å²) in [7, 11) is 0. The van der Waals surface area contributed by atoms with E-state index in [0.717, 1.165) is 5.56 Å². The summed E-state index contributed by atoms with van der Waals surface area (Å²) in [4.78, 5) is 12.3. The summed E-state index contributed by atoms with van der Waals surface area (Å²) in [6.45, 7) is 5.86. The number of nitrogens with one attached hydrogen (secondary N) is 1. The highest BCUT2D eigenvalue weighted by molar-refractivity contribution is 6.44. The van der Waals surface area contributed by atoms with Crippen molar-refractivity contribution in [1.82, 2.24) is 0 Å². The maximum Gasteiger partial charge on any atom is 0.265 e. The SMILES string of the molecule is CC(Oc1ccccc1C(C)C)C(=O)Nc1cccc(Cl)c1Cl. The van der Waals surface area contributed by atoms with Gasteiger partial charge >= 0.3 is 0 Å². The first-order chi connectivity index (χ1) is 10.9. The van der Waals surface area contributed by atoms with E-state index in [1.54, 1.807) is 25.1 Å². The lowest BCUT2D eigenvalue weighted by Crippen LogP contribution is -2.30. The number of benzene rings is 2. The fourth-order valence-electron chi connectivity index (χ4n) is 2.14. The first-order valence-electron chi connectivity index (χ1n) is 7.40. The van der Waals surface area contributed by atoms with Crippen molar-refractivity contribution in [3.63, 3.8) is 0 Å². The topological polar surface area (TPSA) is 38.3 Å². The molecule has 1 unspecified atom stereocenters. The van der Waals surface area contributed by atoms with Gasteiger partial charge in [-0.15, -0.1) is 0 Å². The molecule has 0 aliphatic rings. The van der Waals surface area contributed by atoms with Crippen LogP contribution in [0.3, 0.4) is 0 Å². The lowest BCUT2D eigenvalue weighted by Gasteiger charge is -2.19. The number of carbonyl (C=O) groups excluding carboxylic acids is 1. The van der Waals surface area contributed by atoms with Crippen molar-refractivity contribution in [2.45, 2.75) is 32.8 Å². The second-order valence-electron chi connectivity index (χ2n) is 5.54. The minimum atomic E-state index is -0.662. The number of anilines is 1. The number of amides is 1. The van der Waals surface area contributed by atoms with Gasteiger partial charge in [-0.2, -0.15) is 0 Å². The van der Waals surface area contributed by atoms with E-state index in [0.29, 0.717) is 27.4 Å². The molecule has 2 aromatic rings. The van der Waals surface area contributed by atoms with Crippen molar-refractivity contribution in [3.05, 3.63) is 58.1 Å². The van der Waals surface area contributed by atoms with Crippen molar-refractivity contribution in [3.8, 4) is 5.75 Å². The van der Waals surface area contributed by atoms with Crippen LogP contribution in [-0.2, 0) is 4.79 Å². The first kappa shape index (κ1) is 17.6. The van der Waals surface area contributed by atoms with E-state index in [-0.39, 0.29) is 5.91 Å². The maximum absolute atomic E-state index is 12.3. The van der Waals surface area contributed by atoms with Gasteiger partial charge in [0, 0.05) is 0 Å². The highest BCUT2D eigenvalue weighted by Crippen LogP contribution is 2.30. The molecular formula is C18H19Cl2NO2. The molecule has 0 aliphatic heterocycles. The van der Waals surface area contributed by atoms with Crippen LogP contribution < -0.4 is 10.1 Å². The Hall–Kier alpha value is -1.71. The standard InChI is InChI=1S/C18H19Cl2NO2/c1-11(2)13-7-4-5-10-16(13)23-12(3)18(22)21-15-9-6-8-14(19)17(15)20/h4-12H,1-3H3,(H,21,22). The van der Waals surface area contributed by atoms with Gasteiger partial charge in [0.25, 0.3) is 5.91 Å². The highest BCUT2D eigenvalue weighted by Gasteiger charge is 2.18. The number of hydrogen-bond acceptors (Lipinski definition) is 2. The van der Waals surface area contributed by atoms with Crippen molar-refractivity contribution in [1.29, 1.82) is 0 Å². The van der Waals surface area contributed by atoms with E-state index in [1.807, 2.05) is 24.3 Å². The monoisotopic (exact) mass is 351 g/mol. The zero-order valence-electron chi connectivity index (χ0n) is 13.3. The Balaban J connectivity index is 2.10. The molecule has 1 atom stereocenters. The predicted octanol–water partition coefficient (Wildman–Crippen LogP) is 5.52. The molecule has 3 nitrogen and oxygen atoms in total. The van der Waals surface area contributed by atoms with E-state index >= 15 is 0 Å². The minimum absolute atomic E-state index is 0.285. The van der Waals surface area contributed by atoms with E-state index in [9.17, 15) is 4.79 Å². The summed E-state index contributed by atoms with van der Waals surface area (Å²) in [5.74, 6) is 0.735. The smallest absolute Gasteiger partial charge is 0.265 e. The summed E-state index contributed by atoms with van der Waals surface area (Å²) in [6, 6.07) is 12.8. The van der Waals surface area contributed by atoms with E-state index in [2.05, 4.69) is 19.2 Å². The van der Waals surface area contributed by atoms with Crippen molar-refractivity contribution in [2.24, 2.45) is 0 Å². The Bertz CT molecular complexity index is 701. The molecule has 0 fully saturated rings. The van der Waals surface area contributed by atoms with E-state index in [4.69, 9.17) is 27.9 Å². The summed E-state index contributed by atoms with van der Waals surface area (Å²) in [5, 5.41) is 3.45. The first-order valence-corrected chi connectivity index (χ1v) is 8.16. The number of para-hydroxylation sites is 1. The molecule has 0 aromatic heterocycles. The molecule has 0 spiro atoms. The quantitative estimate of drug-likeness (QED) is 0.769. The molecule has 0 saturated carbocycles. The van der Waals surface area contributed by atoms with Crippen LogP contribution in [-0.4, -0.2) is 12.0 Å². The molecule has 0 saturated heterocycles. The van der Waals surface area contributed by atoms with Gasteiger partial charge < -0.3 is 10.1 Å². The molecule has 2 rings (SSSR count). The molecule has 0 bridgehead atoms. The highest BCUT2D eigenvalue weighted by atomic mass is 35.5. The van der Waals surface area contributed by atoms with Crippen LogP contribution in [0, 0.1) is 0 Å². The third-order valence-corrected chi connectivity index (χ3v) is 4.24. The van der Waals surface area contributed by atoms with Gasteiger partial charge in [-0.05, 0) is 36.6 Å². The Labute approximate surface area is 146 Å². The number of ether oxygens (including phenoxy) is 1. The van der Waals surface area contributed by atoms with Gasteiger partial charge in [-0.1, -0.05) is 61.3 Å². The fraction of sp³-hybridized carbons (Fsp3) is 0.278. The van der Waals surface area contributed by atoms with Crippen molar-refractivity contribution in [2.75, 3.05) is 5.32 Å². The molecule has 23 heavy (non-hydrogen) atoms. The molecular weight excluding hydrogens is 333 g/mol. The Kier molecular flexibility index (Phi) is 5.91. The summed E-state index contributed by atoms with van der Waals surface area (Å²) >= 11 is 12.0. The molecule has 122 valence electrons. The average molecular weight is 352 g/mol. The van der Waals surface area contributed by atoms with Crippen molar-refractivity contribution >= 4 is 34.8 Å². The van der Waals surface area contributed by atoms with Gasteiger partial charge in [0.15, 0.2) is 6.10 Å². The van der Waals surface area contributed by atoms with Gasteiger partial charge in [0.05, 0.1) is 15.7 Å². The molecule has 1 amide bonds. The van der Waals surface area contributed by atoms with Crippen molar-refractivity contribution < 1.29 is 9.53 Å². The molecule has 0 heterocycles. The normalized spacial score (nSPS) is 12.1. The zero-order valence-corrected chi connectivity index (χ0v) is 14.8. The number of halogens is 2. The lowest BCUT2D eigenvalue weighted by molar-refractivity contribution is -0.122. The fourth-order valence-corrected chi connectivity index (χ4v) is 2.49. The van der Waals surface area contributed by atoms with E-state index in [1.165, 1.54) is 0 Å². The Morgan fingerprint density at radius 1 is 1.04 bits per heavy atom. The Morgan fingerprint density at radius 2 is 1.74 bits per heavy atom. The maximum atomic E-state index is 12.3. The minimum Gasteiger partial charge on any atom is -0.481 e. The van der Waals surface area contributed by atoms with Crippen LogP contribution in [0.1, 0.15) is 32.3 Å². The van der Waals surface area contributed by atoms with Crippen LogP contribution in [0.5, 0.6) is 5.75 Å². The molecule has 0 aliphatic carbocycles. The van der Waals surface area contributed by atoms with Crippen LogP contribution in [0.4, 0.5) is 5.69 Å². The molecule has 0 radical (unpaired) electrons. The summed E-state index contributed by atoms with van der Waals surface area (Å²) < 4.78 is 5.82. The number of hydrogen-bond donors (Lipinski definition) is 1. The number of carbonyl (C=O) groups is 1. The van der Waals surface area contributed by atoms with Gasteiger partial charge in [-0.25, -0.2) is 0 Å². The lowest BCUT2D eigenvalue weighted by atomic mass is 10.0. The van der Waals surface area contributed by atoms with E-state index < -0.39 is 6.10 Å². The molecule has 1 N–H and O–H groups in total. The second-order valence-corrected chi connectivity index (χ2v) is 6.33. The average Bonchev–Trinajstić information content (AvgIpc) is 2.52. The largest absolute Gasteiger partial charge is 0.481 e. The predicted molar refractivity (Wildman–Crippen MR) is 95.7 cm³/mol. The van der Waals surface area contributed by atoms with Gasteiger partial charge in [-0.3, -0.25) is 4.79 Å². The molecule has 5 heteroatoms. The van der Waals surface area contributed by atoms with Crippen LogP contribution in [0.15, 0.2) is 42.5 Å². The molecule has 2 aromatic carbocycles. The summed E-state index contributed by atoms with van der Waals surface area (Å²) in [5.41, 5.74) is 1.53.